The van der Waals surface area contributed by atoms with Gasteiger partial charge in [0.2, 0.25) is 0 Å². The first kappa shape index (κ1) is 96.6. The molecule has 0 spiro atoms. The van der Waals surface area contributed by atoms with Crippen molar-refractivity contribution >= 4 is 47.9 Å². The van der Waals surface area contributed by atoms with Gasteiger partial charge in [0.25, 0.3) is 0 Å². The van der Waals surface area contributed by atoms with Crippen LogP contribution < -0.4 is 0 Å². The number of hydrogen-bond donors (Lipinski definition) is 5. The second-order valence-corrected chi connectivity index (χ2v) is 30.5. The summed E-state index contributed by atoms with van der Waals surface area (Å²) in [6, 6.07) is 56.7. The van der Waals surface area contributed by atoms with E-state index >= 15 is 0 Å². The molecule has 0 heterocycles. The molecule has 0 saturated carbocycles. The fraction of sp³-hybridized carbons (Fsp3) is 0.457. The average molecular weight is 1480 g/mol. The van der Waals surface area contributed by atoms with Crippen molar-refractivity contribution in [3.05, 3.63) is 254 Å². The van der Waals surface area contributed by atoms with Crippen molar-refractivity contribution in [2.24, 2.45) is 41.4 Å². The highest BCUT2D eigenvalue weighted by atomic mass is 16.5. The van der Waals surface area contributed by atoms with Gasteiger partial charge in [0.15, 0.2) is 0 Å². The van der Waals surface area contributed by atoms with Crippen LogP contribution >= 0.6 is 0 Å². The minimum absolute atomic E-state index is 0.112. The van der Waals surface area contributed by atoms with E-state index in [9.17, 15) is 33.6 Å². The first-order valence-corrected chi connectivity index (χ1v) is 38.8. The van der Waals surface area contributed by atoms with E-state index in [1.807, 2.05) is 79.7 Å². The summed E-state index contributed by atoms with van der Waals surface area (Å²) in [6.07, 6.45) is 18.4. The summed E-state index contributed by atoms with van der Waals surface area (Å²) in [7, 11) is 1.39. The molecule has 590 valence electrons. The molecule has 0 atom stereocenters. The Balaban J connectivity index is 0.000000631. The zero-order chi connectivity index (χ0) is 80.9. The van der Waals surface area contributed by atoms with Gasteiger partial charge in [-0.2, -0.15) is 0 Å². The van der Waals surface area contributed by atoms with Gasteiger partial charge in [0.1, 0.15) is 0 Å². The highest BCUT2D eigenvalue weighted by Crippen LogP contribution is 2.18. The lowest BCUT2D eigenvalue weighted by molar-refractivity contribution is -0.143. The minimum atomic E-state index is -0.916. The molecule has 0 bridgehead atoms. The van der Waals surface area contributed by atoms with Crippen LogP contribution in [-0.2, 0) is 104 Å². The van der Waals surface area contributed by atoms with Crippen molar-refractivity contribution in [3.8, 4) is 0 Å². The largest absolute Gasteiger partial charge is 0.481 e. The maximum absolute atomic E-state index is 11.2. The summed E-state index contributed by atoms with van der Waals surface area (Å²) in [5.74, 6) is 0.308. The number of aliphatic carboxylic acids is 4. The molecule has 0 unspecified atom stereocenters. The monoisotopic (exact) mass is 1480 g/mol. The molecule has 0 aromatic heterocycles. The van der Waals surface area contributed by atoms with Crippen LogP contribution in [0, 0.1) is 41.4 Å². The highest BCUT2D eigenvalue weighted by molar-refractivity contribution is 5.89. The summed E-state index contributed by atoms with van der Waals surface area (Å²) < 4.78 is 9.52. The third kappa shape index (κ3) is 51.7. The van der Waals surface area contributed by atoms with Gasteiger partial charge in [-0.1, -0.05) is 249 Å². The molecule has 0 aliphatic rings. The molecule has 108 heavy (non-hydrogen) atoms. The van der Waals surface area contributed by atoms with Crippen LogP contribution in [0.25, 0.3) is 6.08 Å². The van der Waals surface area contributed by atoms with E-state index in [1.165, 1.54) is 62.7 Å². The molecule has 0 saturated heterocycles. The Hall–Kier alpha value is -9.43. The summed E-state index contributed by atoms with van der Waals surface area (Å²) in [5.41, 5.74) is 16.0. The Labute approximate surface area is 647 Å². The quantitative estimate of drug-likeness (QED) is 0.0141. The SMILES string of the molecule is CC(C)Cc1ccc(/C=C/C(=O)O)cc1.CC(C)Cc1ccc(C(=O)O)cc1.CC(C)Cc1ccc(CCC(=O)O)cc1.CC(C)Cc1ccc(CCCC(=O)O)cc1.CC(C)Cc1ccc(CCCCCC(=O)O)cc1.CCOC(=O)CCc1ccc(CC(C)C)cc1.COC(=O)c1ccc(CC(C)C)cc1. The first-order chi connectivity index (χ1) is 51.1. The smallest absolute Gasteiger partial charge is 0.337 e. The van der Waals surface area contributed by atoms with E-state index in [2.05, 4.69) is 187 Å². The van der Waals surface area contributed by atoms with Gasteiger partial charge in [-0.15, -0.1) is 0 Å². The number of benzene rings is 7. The van der Waals surface area contributed by atoms with Crippen molar-refractivity contribution in [1.29, 1.82) is 0 Å². The van der Waals surface area contributed by atoms with Crippen LogP contribution in [0.2, 0.25) is 0 Å². The molecule has 7 rings (SSSR count). The molecule has 0 amide bonds. The number of esters is 2. The number of aryl methyl sites for hydroxylation is 4. The number of methoxy groups -OCH3 is 1. The van der Waals surface area contributed by atoms with Crippen molar-refractivity contribution in [2.45, 2.75) is 226 Å². The molecule has 7 aromatic rings. The second-order valence-electron chi connectivity index (χ2n) is 30.5. The van der Waals surface area contributed by atoms with E-state index in [0.29, 0.717) is 78.4 Å². The third-order valence-corrected chi connectivity index (χ3v) is 16.3. The van der Waals surface area contributed by atoms with Gasteiger partial charge in [-0.3, -0.25) is 19.2 Å². The van der Waals surface area contributed by atoms with Gasteiger partial charge in [-0.25, -0.2) is 14.4 Å². The van der Waals surface area contributed by atoms with E-state index in [-0.39, 0.29) is 24.8 Å². The molecule has 7 aromatic carbocycles. The predicted molar refractivity (Wildman–Crippen MR) is 441 cm³/mol. The van der Waals surface area contributed by atoms with Crippen LogP contribution in [0.15, 0.2) is 176 Å². The average Bonchev–Trinajstić information content (AvgIpc) is 0.885. The molecule has 5 N–H and O–H groups in total. The first-order valence-electron chi connectivity index (χ1n) is 38.8. The van der Waals surface area contributed by atoms with Crippen LogP contribution in [0.5, 0.6) is 0 Å². The van der Waals surface area contributed by atoms with Crippen molar-refractivity contribution in [3.63, 3.8) is 0 Å². The van der Waals surface area contributed by atoms with Crippen molar-refractivity contribution < 1.29 is 68.6 Å². The molecular weight excluding hydrogens is 1350 g/mol. The number of unbranched alkanes of at least 4 members (excludes halogenated alkanes) is 2. The molecule has 14 heteroatoms. The Morgan fingerprint density at radius 1 is 0.315 bits per heavy atom. The number of carbonyl (C=O) groups is 7. The van der Waals surface area contributed by atoms with E-state index < -0.39 is 29.8 Å². The normalized spacial score (nSPS) is 10.7. The lowest BCUT2D eigenvalue weighted by Gasteiger charge is -2.06. The maximum atomic E-state index is 11.2. The molecular formula is C94H130O14. The molecule has 0 fully saturated rings. The summed E-state index contributed by atoms with van der Waals surface area (Å²) in [6.45, 7) is 33.0. The number of aromatic carboxylic acids is 1. The fourth-order valence-corrected chi connectivity index (χ4v) is 11.2. The zero-order valence-corrected chi connectivity index (χ0v) is 67.9. The Morgan fingerprint density at radius 3 is 0.870 bits per heavy atom. The number of carboxylic acid groups (broad SMARTS) is 5. The molecule has 0 radical (unpaired) electrons. The lowest BCUT2D eigenvalue weighted by Crippen LogP contribution is -2.05. The van der Waals surface area contributed by atoms with Crippen LogP contribution in [0.1, 0.15) is 243 Å². The number of hydrogen-bond acceptors (Lipinski definition) is 9. The Kier molecular flexibility index (Phi) is 50.8. The van der Waals surface area contributed by atoms with Crippen LogP contribution in [0.4, 0.5) is 0 Å². The number of ether oxygens (including phenoxy) is 2. The fourth-order valence-electron chi connectivity index (χ4n) is 11.2. The van der Waals surface area contributed by atoms with Crippen LogP contribution in [0.3, 0.4) is 0 Å². The number of rotatable bonds is 35. The minimum Gasteiger partial charge on any atom is -0.481 e. The summed E-state index contributed by atoms with van der Waals surface area (Å²) >= 11 is 0. The number of carboxylic acids is 5. The third-order valence-electron chi connectivity index (χ3n) is 16.3. The Morgan fingerprint density at radius 2 is 0.583 bits per heavy atom. The molecule has 0 aliphatic heterocycles. The van der Waals surface area contributed by atoms with Crippen molar-refractivity contribution in [1.82, 2.24) is 0 Å². The van der Waals surface area contributed by atoms with Gasteiger partial charge in [0.05, 0.1) is 24.8 Å². The van der Waals surface area contributed by atoms with Gasteiger partial charge in [-0.05, 0) is 235 Å². The zero-order valence-electron chi connectivity index (χ0n) is 67.9. The van der Waals surface area contributed by atoms with Crippen LogP contribution in [-0.4, -0.2) is 81.0 Å². The topological polar surface area (TPSA) is 239 Å². The molecule has 0 aliphatic carbocycles. The molecule has 14 nitrogen and oxygen atoms in total. The highest BCUT2D eigenvalue weighted by Gasteiger charge is 2.09. The number of carbonyl (C=O) groups excluding carboxylic acids is 2. The van der Waals surface area contributed by atoms with Gasteiger partial charge < -0.3 is 35.0 Å². The van der Waals surface area contributed by atoms with Crippen molar-refractivity contribution in [2.75, 3.05) is 13.7 Å². The van der Waals surface area contributed by atoms with Gasteiger partial charge >= 0.3 is 41.8 Å². The van der Waals surface area contributed by atoms with E-state index in [4.69, 9.17) is 30.3 Å². The maximum Gasteiger partial charge on any atom is 0.337 e. The summed E-state index contributed by atoms with van der Waals surface area (Å²) in [4.78, 5) is 74.3. The summed E-state index contributed by atoms with van der Waals surface area (Å²) in [5, 5.41) is 42.7. The lowest BCUT2D eigenvalue weighted by atomic mass is 10.00. The Bertz CT molecular complexity index is 3620. The predicted octanol–water partition coefficient (Wildman–Crippen LogP) is 21.9. The van der Waals surface area contributed by atoms with Gasteiger partial charge in [0, 0.05) is 31.8 Å². The van der Waals surface area contributed by atoms with E-state index in [0.717, 1.165) is 107 Å². The van der Waals surface area contributed by atoms with E-state index in [1.54, 1.807) is 18.2 Å². The second kappa shape index (κ2) is 56.8. The standard InChI is InChI=1S/C16H24O2.C15H22O2.C14H20O2.C13H18O2.C13H16O2.C12H16O2.C11H14O2/c1-13(2)12-15-10-8-14(9-11-15)6-4-3-5-7-16(17)18;1-4-17-15(16)10-9-13-5-7-14(8-6-13)11-12(2)3;1-11(2)10-13-8-6-12(7-9-13)4-3-5-14(15)16;2*1-10(2)9-12-5-3-11(4-6-12)7-8-13(14)15;1-9(2)8-10-4-6-11(7-5-10)12(13)14-3;1-8(2)7-9-3-5-10(6-4-9)11(12)13/h8-11,13H,3-7,12H2,1-2H3,(H,17,18);5-8,12H,4,9-11H2,1-3H3;6-9,11H,3-5,10H2,1-2H3,(H,15,16);3-6,10H,7-9H2,1-2H3,(H,14,15);3-8,10H,9H2,1-2H3,(H,14,15);4-7,9H,8H2,1-3H3;3-6,8H,7H2,1-2H3,(H,12,13)/b;;;;8-7+;;.